The number of carbonyl (C=O) groups is 1. The lowest BCUT2D eigenvalue weighted by atomic mass is 9.72. The molecule has 0 fully saturated rings. The smallest absolute Gasteiger partial charge is 0.141 e. The average molecular weight is 363 g/mol. The molecule has 0 radical (unpaired) electrons. The van der Waals surface area contributed by atoms with Gasteiger partial charge < -0.3 is 4.90 Å². The summed E-state index contributed by atoms with van der Waals surface area (Å²) < 4.78 is 0. The fourth-order valence-corrected chi connectivity index (χ4v) is 3.82. The lowest BCUT2D eigenvalue weighted by Gasteiger charge is -2.31. The van der Waals surface area contributed by atoms with Gasteiger partial charge in [-0.25, -0.2) is 0 Å². The molecule has 3 heteroatoms. The topological polar surface area (TPSA) is 32.7 Å². The first-order valence-corrected chi connectivity index (χ1v) is 9.25. The van der Waals surface area contributed by atoms with Crippen LogP contribution in [0.25, 0.3) is 0 Å². The minimum atomic E-state index is -0.534. The number of allylic oxidation sites excluding steroid dienone is 5. The second kappa shape index (κ2) is 8.34. The molecule has 3 nitrogen and oxygen atoms in total. The van der Waals surface area contributed by atoms with Crippen LogP contribution in [0.5, 0.6) is 0 Å². The van der Waals surface area contributed by atoms with Crippen LogP contribution in [0, 0.1) is 13.8 Å². The third-order valence-corrected chi connectivity index (χ3v) is 5.76. The summed E-state index contributed by atoms with van der Waals surface area (Å²) in [7, 11) is 2.02. The molecule has 0 saturated carbocycles. The van der Waals surface area contributed by atoms with E-state index in [2.05, 4.69) is 49.0 Å². The first-order chi connectivity index (χ1) is 12.8. The minimum absolute atomic E-state index is 0.199. The van der Waals surface area contributed by atoms with Crippen LogP contribution < -0.4 is 0 Å². The van der Waals surface area contributed by atoms with Crippen molar-refractivity contribution in [2.45, 2.75) is 46.0 Å². The molecule has 0 saturated heterocycles. The predicted molar refractivity (Wildman–Crippen MR) is 115 cm³/mol. The van der Waals surface area contributed by atoms with Crippen molar-refractivity contribution in [3.8, 4) is 0 Å². The highest BCUT2D eigenvalue weighted by Gasteiger charge is 2.45. The SMILES string of the molecule is C=C/C=N\C=C(/C)N(C)C1=C(C=C)C[C@@](C(C)=O)(c2cccc(C)c2C)C1. The molecule has 1 aliphatic carbocycles. The zero-order chi connectivity index (χ0) is 20.2. The van der Waals surface area contributed by atoms with E-state index in [1.807, 2.05) is 26.1 Å². The van der Waals surface area contributed by atoms with E-state index in [1.54, 1.807) is 25.4 Å². The van der Waals surface area contributed by atoms with Gasteiger partial charge >= 0.3 is 0 Å². The Bertz CT molecular complexity index is 857. The van der Waals surface area contributed by atoms with Gasteiger partial charge in [0.2, 0.25) is 0 Å². The number of aliphatic imine (C=N–C) groups is 1. The van der Waals surface area contributed by atoms with Gasteiger partial charge in [0.05, 0.1) is 5.41 Å². The van der Waals surface area contributed by atoms with Crippen molar-refractivity contribution in [1.29, 1.82) is 0 Å². The standard InChI is InChI=1S/C24H30N2O/c1-8-13-25-16-18(4)26(7)23-15-24(20(6)27,14-21(23)9-2)22-12-10-11-17(3)19(22)5/h8-13,16H,1-2,14-15H2,3-7H3/b18-16+,25-13-/t24-/m1/s1. The van der Waals surface area contributed by atoms with Crippen LogP contribution in [0.4, 0.5) is 0 Å². The zero-order valence-corrected chi connectivity index (χ0v) is 17.2. The van der Waals surface area contributed by atoms with Crippen LogP contribution in [0.1, 0.15) is 43.4 Å². The van der Waals surface area contributed by atoms with Crippen molar-refractivity contribution < 1.29 is 4.79 Å². The molecule has 1 aliphatic rings. The van der Waals surface area contributed by atoms with Crippen LogP contribution in [-0.4, -0.2) is 23.9 Å². The quantitative estimate of drug-likeness (QED) is 0.607. The third-order valence-electron chi connectivity index (χ3n) is 5.76. The molecule has 0 spiro atoms. The van der Waals surface area contributed by atoms with E-state index in [1.165, 1.54) is 11.1 Å². The average Bonchev–Trinajstić information content (AvgIpc) is 3.04. The van der Waals surface area contributed by atoms with Crippen LogP contribution >= 0.6 is 0 Å². The van der Waals surface area contributed by atoms with Gasteiger partial charge in [0.1, 0.15) is 5.78 Å². The van der Waals surface area contributed by atoms with Crippen molar-refractivity contribution in [3.63, 3.8) is 0 Å². The number of benzene rings is 1. The summed E-state index contributed by atoms with van der Waals surface area (Å²) in [5.41, 5.74) is 6.26. The summed E-state index contributed by atoms with van der Waals surface area (Å²) in [4.78, 5) is 19.3. The fraction of sp³-hybridized carbons (Fsp3) is 0.333. The van der Waals surface area contributed by atoms with Gasteiger partial charge in [-0.2, -0.15) is 0 Å². The number of aryl methyl sites for hydroxylation is 1. The van der Waals surface area contributed by atoms with Crippen molar-refractivity contribution in [2.75, 3.05) is 7.05 Å². The largest absolute Gasteiger partial charge is 0.350 e. The Hall–Kier alpha value is -2.68. The molecular weight excluding hydrogens is 332 g/mol. The number of rotatable bonds is 7. The Kier molecular flexibility index (Phi) is 6.37. The Labute approximate surface area is 163 Å². The van der Waals surface area contributed by atoms with E-state index in [-0.39, 0.29) is 5.78 Å². The molecule has 1 atom stereocenters. The molecule has 1 aromatic rings. The van der Waals surface area contributed by atoms with Crippen molar-refractivity contribution in [3.05, 3.63) is 83.4 Å². The van der Waals surface area contributed by atoms with Crippen LogP contribution in [0.15, 0.2) is 71.7 Å². The van der Waals surface area contributed by atoms with Gasteiger partial charge in [-0.15, -0.1) is 0 Å². The maximum absolute atomic E-state index is 12.9. The number of nitrogens with zero attached hydrogens (tertiary/aromatic N) is 2. The molecule has 0 heterocycles. The van der Waals surface area contributed by atoms with Crippen molar-refractivity contribution in [1.82, 2.24) is 4.90 Å². The van der Waals surface area contributed by atoms with E-state index in [0.717, 1.165) is 22.5 Å². The Morgan fingerprint density at radius 1 is 1.22 bits per heavy atom. The van der Waals surface area contributed by atoms with E-state index in [9.17, 15) is 4.79 Å². The second-order valence-corrected chi connectivity index (χ2v) is 7.28. The van der Waals surface area contributed by atoms with E-state index in [4.69, 9.17) is 0 Å². The Morgan fingerprint density at radius 3 is 2.52 bits per heavy atom. The summed E-state index contributed by atoms with van der Waals surface area (Å²) in [6, 6.07) is 6.25. The molecule has 1 aromatic carbocycles. The molecule has 0 amide bonds. The molecule has 0 unspecified atom stereocenters. The van der Waals surface area contributed by atoms with Gasteiger partial charge in [-0.3, -0.25) is 9.79 Å². The zero-order valence-electron chi connectivity index (χ0n) is 17.2. The molecule has 0 aliphatic heterocycles. The number of carbonyl (C=O) groups excluding carboxylic acids is 1. The molecule has 2 rings (SSSR count). The first-order valence-electron chi connectivity index (χ1n) is 9.25. The van der Waals surface area contributed by atoms with E-state index >= 15 is 0 Å². The van der Waals surface area contributed by atoms with E-state index in [0.29, 0.717) is 12.8 Å². The lowest BCUT2D eigenvalue weighted by Crippen LogP contribution is -2.34. The van der Waals surface area contributed by atoms with E-state index < -0.39 is 5.41 Å². The Morgan fingerprint density at radius 2 is 1.93 bits per heavy atom. The summed E-state index contributed by atoms with van der Waals surface area (Å²) in [5, 5.41) is 0. The van der Waals surface area contributed by atoms with Gasteiger partial charge in [-0.05, 0) is 56.4 Å². The summed E-state index contributed by atoms with van der Waals surface area (Å²) in [6.45, 7) is 15.6. The molecule has 0 bridgehead atoms. The number of ketones is 1. The van der Waals surface area contributed by atoms with Crippen LogP contribution in [0.2, 0.25) is 0 Å². The summed E-state index contributed by atoms with van der Waals surface area (Å²) in [5.74, 6) is 0.199. The van der Waals surface area contributed by atoms with Crippen molar-refractivity contribution in [2.24, 2.45) is 4.99 Å². The lowest BCUT2D eigenvalue weighted by molar-refractivity contribution is -0.122. The summed E-state index contributed by atoms with van der Waals surface area (Å²) in [6.07, 6.45) is 8.35. The number of hydrogen-bond acceptors (Lipinski definition) is 3. The second-order valence-electron chi connectivity index (χ2n) is 7.28. The maximum atomic E-state index is 12.9. The van der Waals surface area contributed by atoms with Crippen LogP contribution in [0.3, 0.4) is 0 Å². The maximum Gasteiger partial charge on any atom is 0.141 e. The highest BCUT2D eigenvalue weighted by molar-refractivity contribution is 5.90. The predicted octanol–water partition coefficient (Wildman–Crippen LogP) is 5.41. The third kappa shape index (κ3) is 3.87. The molecular formula is C24H30N2O. The first kappa shape index (κ1) is 20.6. The normalized spacial score (nSPS) is 20.3. The minimum Gasteiger partial charge on any atom is -0.350 e. The van der Waals surface area contributed by atoms with Crippen LogP contribution in [-0.2, 0) is 10.2 Å². The molecule has 27 heavy (non-hydrogen) atoms. The number of Topliss-reactive ketones (excluding diaryl/α,β-unsaturated/α-hetero) is 1. The van der Waals surface area contributed by atoms with Gasteiger partial charge in [0.25, 0.3) is 0 Å². The monoisotopic (exact) mass is 362 g/mol. The molecule has 0 aromatic heterocycles. The van der Waals surface area contributed by atoms with Gasteiger partial charge in [0, 0.05) is 37.3 Å². The van der Waals surface area contributed by atoms with Crippen molar-refractivity contribution >= 4 is 12.0 Å². The summed E-state index contributed by atoms with van der Waals surface area (Å²) >= 11 is 0. The highest BCUT2D eigenvalue weighted by Crippen LogP contribution is 2.48. The number of hydrogen-bond donors (Lipinski definition) is 0. The molecule has 0 N–H and O–H groups in total. The fourth-order valence-electron chi connectivity index (χ4n) is 3.82. The Balaban J connectivity index is 2.50. The van der Waals surface area contributed by atoms with Gasteiger partial charge in [0.15, 0.2) is 0 Å². The highest BCUT2D eigenvalue weighted by atomic mass is 16.1. The molecule has 142 valence electrons. The van der Waals surface area contributed by atoms with Gasteiger partial charge in [-0.1, -0.05) is 43.5 Å².